The summed E-state index contributed by atoms with van der Waals surface area (Å²) in [7, 11) is 0. The summed E-state index contributed by atoms with van der Waals surface area (Å²) in [5, 5.41) is 223. The number of hydrogen-bond acceptors (Lipinski definition) is 35. The third-order valence-electron chi connectivity index (χ3n) is 15.3. The van der Waals surface area contributed by atoms with Crippen molar-refractivity contribution in [2.75, 3.05) is 46.2 Å². The summed E-state index contributed by atoms with van der Waals surface area (Å²) in [6.07, 6.45) is -59.9. The van der Waals surface area contributed by atoms with Crippen LogP contribution in [0.15, 0.2) is 0 Å². The Balaban J connectivity index is 1.26. The molecule has 86 heavy (non-hydrogen) atoms. The minimum atomic E-state index is -2.34. The number of nitrogens with one attached hydrogen (secondary N) is 3. The highest BCUT2D eigenvalue weighted by atomic mass is 16.8. The molecule has 0 radical (unpaired) electrons. The molecule has 6 saturated heterocycles. The molecule has 0 unspecified atom stereocenters. The van der Waals surface area contributed by atoms with E-state index in [2.05, 4.69) is 16.0 Å². The molecular weight excluding hydrogens is 1180 g/mol. The summed E-state index contributed by atoms with van der Waals surface area (Å²) < 4.78 is 68.7. The molecule has 6 aliphatic heterocycles. The first-order chi connectivity index (χ1) is 40.5. The molecule has 0 saturated carbocycles. The van der Waals surface area contributed by atoms with Crippen molar-refractivity contribution in [1.82, 2.24) is 16.0 Å². The van der Waals surface area contributed by atoms with E-state index in [0.717, 1.165) is 20.8 Å². The third-order valence-corrected chi connectivity index (χ3v) is 15.3. The van der Waals surface area contributed by atoms with Crippen LogP contribution in [0.5, 0.6) is 0 Å². The van der Waals surface area contributed by atoms with Gasteiger partial charge in [0.1, 0.15) is 159 Å². The summed E-state index contributed by atoms with van der Waals surface area (Å²) >= 11 is 0. The van der Waals surface area contributed by atoms with Gasteiger partial charge in [0.25, 0.3) is 0 Å². The third kappa shape index (κ3) is 16.8. The lowest BCUT2D eigenvalue weighted by Gasteiger charge is -2.49. The lowest BCUT2D eigenvalue weighted by Crippen LogP contribution is -2.69. The molecule has 38 heteroatoms. The zero-order chi connectivity index (χ0) is 63.9. The molecule has 6 aliphatic rings. The van der Waals surface area contributed by atoms with Gasteiger partial charge in [0.15, 0.2) is 37.7 Å². The van der Waals surface area contributed by atoms with Gasteiger partial charge in [0, 0.05) is 20.8 Å². The number of rotatable bonds is 25. The van der Waals surface area contributed by atoms with Crippen molar-refractivity contribution >= 4 is 17.7 Å². The van der Waals surface area contributed by atoms with E-state index in [4.69, 9.17) is 56.8 Å². The molecule has 6 heterocycles. The van der Waals surface area contributed by atoms with Crippen molar-refractivity contribution in [2.45, 2.75) is 236 Å². The molecule has 0 bridgehead atoms. The standard InChI is InChI=1S/C48H83N3O35/c1-12-25(60)33(68)36(71)45(78-12)75-9-17(59)40(26(61)16(5-52)49-13(2)56)84-44-24(51-15(4)58)32(67)41(20(8-55)81-44)85-48-39(74)42(86-47-38(73)34(69)28(63)19(7-54)80-47)30(65)22(83-48)11-77-46-37(72)35(70)29(64)21(82-46)10-76-43-23(50-14(3)57)31(66)27(62)18(6-53)79-43/h12,16-48,52-55,59-74H,5-11H2,1-4H3,(H,49,56)(H,50,57)(H,51,58)/t12-,16-,17+,18+,19+,20+,21+,22+,23+,24+,25+,26+,27+,28+,29+,30+,31+,32+,33+,34-,35-,36-,37-,38-,39-,40+,41+,42-,43+,44-,45+,46-,47+,48-/m0/s1. The molecule has 0 spiro atoms. The molecule has 0 aliphatic carbocycles. The molecule has 500 valence electrons. The summed E-state index contributed by atoms with van der Waals surface area (Å²) in [5.41, 5.74) is 0. The fraction of sp³-hybridized carbons (Fsp3) is 0.938. The number of amides is 3. The fourth-order valence-electron chi connectivity index (χ4n) is 10.4. The predicted octanol–water partition coefficient (Wildman–Crippen LogP) is -15.2. The second-order valence-electron chi connectivity index (χ2n) is 21.6. The van der Waals surface area contributed by atoms with E-state index >= 15 is 0 Å². The smallest absolute Gasteiger partial charge is 0.217 e. The second-order valence-corrected chi connectivity index (χ2v) is 21.6. The van der Waals surface area contributed by atoms with E-state index in [0.29, 0.717) is 0 Å². The average Bonchev–Trinajstić information content (AvgIpc) is 1.99. The first kappa shape index (κ1) is 72.2. The van der Waals surface area contributed by atoms with Crippen LogP contribution in [0.2, 0.25) is 0 Å². The highest BCUT2D eigenvalue weighted by Crippen LogP contribution is 2.35. The molecule has 6 rings (SSSR count). The monoisotopic (exact) mass is 1260 g/mol. The highest BCUT2D eigenvalue weighted by molar-refractivity contribution is 5.74. The van der Waals surface area contributed by atoms with Gasteiger partial charge in [-0.2, -0.15) is 0 Å². The Morgan fingerprint density at radius 2 is 0.860 bits per heavy atom. The van der Waals surface area contributed by atoms with Gasteiger partial charge in [-0.15, -0.1) is 0 Å². The van der Waals surface area contributed by atoms with Gasteiger partial charge >= 0.3 is 0 Å². The summed E-state index contributed by atoms with van der Waals surface area (Å²) in [4.78, 5) is 36.9. The van der Waals surface area contributed by atoms with Gasteiger partial charge in [-0.1, -0.05) is 0 Å². The van der Waals surface area contributed by atoms with Crippen LogP contribution in [0.1, 0.15) is 27.7 Å². The van der Waals surface area contributed by atoms with Gasteiger partial charge < -0.3 is 175 Å². The van der Waals surface area contributed by atoms with Crippen LogP contribution < -0.4 is 16.0 Å². The lowest BCUT2D eigenvalue weighted by atomic mass is 9.94. The Morgan fingerprint density at radius 3 is 1.41 bits per heavy atom. The minimum Gasteiger partial charge on any atom is -0.394 e. The number of carbonyl (C=O) groups excluding carboxylic acids is 3. The van der Waals surface area contributed by atoms with E-state index < -0.39 is 272 Å². The Kier molecular flexibility index (Phi) is 26.8. The number of carbonyl (C=O) groups is 3. The lowest BCUT2D eigenvalue weighted by molar-refractivity contribution is -0.383. The van der Waals surface area contributed by atoms with Crippen molar-refractivity contribution in [3.05, 3.63) is 0 Å². The molecule has 3 amide bonds. The first-order valence-corrected chi connectivity index (χ1v) is 27.4. The predicted molar refractivity (Wildman–Crippen MR) is 267 cm³/mol. The van der Waals surface area contributed by atoms with E-state index in [-0.39, 0.29) is 0 Å². The van der Waals surface area contributed by atoms with E-state index in [1.54, 1.807) is 0 Å². The molecule has 0 aromatic rings. The van der Waals surface area contributed by atoms with Crippen molar-refractivity contribution in [1.29, 1.82) is 0 Å². The number of ether oxygens (including phenoxy) is 12. The zero-order valence-electron chi connectivity index (χ0n) is 46.6. The highest BCUT2D eigenvalue weighted by Gasteiger charge is 2.57. The molecule has 38 nitrogen and oxygen atoms in total. The van der Waals surface area contributed by atoms with Crippen molar-refractivity contribution in [3.63, 3.8) is 0 Å². The zero-order valence-corrected chi connectivity index (χ0v) is 46.6. The minimum absolute atomic E-state index is 0.711. The largest absolute Gasteiger partial charge is 0.394 e. The molecule has 0 aromatic carbocycles. The molecule has 6 fully saturated rings. The van der Waals surface area contributed by atoms with Gasteiger partial charge in [-0.25, -0.2) is 0 Å². The summed E-state index contributed by atoms with van der Waals surface area (Å²) in [6, 6.07) is -5.03. The van der Waals surface area contributed by atoms with Crippen LogP contribution in [0.25, 0.3) is 0 Å². The van der Waals surface area contributed by atoms with Crippen molar-refractivity contribution in [2.24, 2.45) is 0 Å². The van der Waals surface area contributed by atoms with E-state index in [1.165, 1.54) is 6.92 Å². The Labute approximate surface area is 488 Å². The molecular formula is C48H83N3O35. The number of hydrogen-bond donors (Lipinski definition) is 23. The summed E-state index contributed by atoms with van der Waals surface area (Å²) in [5.74, 6) is -2.44. The maximum absolute atomic E-state index is 12.8. The van der Waals surface area contributed by atoms with Crippen LogP contribution in [0, 0.1) is 0 Å². The van der Waals surface area contributed by atoms with Crippen LogP contribution in [0.3, 0.4) is 0 Å². The SMILES string of the molecule is CC(=O)N[C@H]1[C@H](O[C@@H]([C@H](O)[C@H](CO)NC(C)=O)[C@H](O)CO[C@@H]2O[C@@H](C)[C@@H](O)[C@@H](O)[C@@H]2O)O[C@H](CO)[C@@H](O[C@@H]2O[C@H](CO[C@H]3O[C@H](CO[C@@H]4O[C@H](CO)[C@@H](O)[C@H](O)[C@H]4NC(C)=O)[C@@H](O)[C@H](O)[C@@H]3O)[C@@H](O)[C@H](O[C@H]3O[C@H](CO)[C@@H](O)[C@H](O)[C@@H]3O)[C@@H]2O)[C@@H]1O. The number of aliphatic hydroxyl groups excluding tert-OH is 20. The fourth-order valence-corrected chi connectivity index (χ4v) is 10.4. The molecule has 23 N–H and O–H groups in total. The number of aliphatic hydroxyl groups is 20. The quantitative estimate of drug-likeness (QED) is 0.0404. The van der Waals surface area contributed by atoms with Crippen LogP contribution in [0.4, 0.5) is 0 Å². The van der Waals surface area contributed by atoms with Crippen LogP contribution >= 0.6 is 0 Å². The maximum Gasteiger partial charge on any atom is 0.217 e. The Bertz CT molecular complexity index is 2120. The van der Waals surface area contributed by atoms with E-state index in [9.17, 15) is 117 Å². The van der Waals surface area contributed by atoms with Gasteiger partial charge in [0.05, 0.1) is 58.4 Å². The maximum atomic E-state index is 12.8. The molecule has 0 aromatic heterocycles. The first-order valence-electron chi connectivity index (χ1n) is 27.4. The van der Waals surface area contributed by atoms with Gasteiger partial charge in [-0.05, 0) is 6.92 Å². The topological polar surface area (TPSA) is 603 Å². The van der Waals surface area contributed by atoms with Gasteiger partial charge in [0.2, 0.25) is 17.7 Å². The Morgan fingerprint density at radius 1 is 0.430 bits per heavy atom. The van der Waals surface area contributed by atoms with Crippen molar-refractivity contribution < 1.29 is 173 Å². The summed E-state index contributed by atoms with van der Waals surface area (Å²) in [6.45, 7) is -2.36. The van der Waals surface area contributed by atoms with Crippen LogP contribution in [-0.4, -0.2) is 375 Å². The average molecular weight is 1260 g/mol. The molecule has 34 atom stereocenters. The van der Waals surface area contributed by atoms with E-state index in [1.807, 2.05) is 0 Å². The second kappa shape index (κ2) is 31.9. The van der Waals surface area contributed by atoms with Crippen molar-refractivity contribution in [3.8, 4) is 0 Å². The van der Waals surface area contributed by atoms with Gasteiger partial charge in [-0.3, -0.25) is 14.4 Å². The Hall–Kier alpha value is -2.87. The normalized spacial score (nSPS) is 45.5. The van der Waals surface area contributed by atoms with Crippen LogP contribution in [-0.2, 0) is 71.2 Å².